The smallest absolute Gasteiger partial charge is 0.0867 e. The van der Waals surface area contributed by atoms with Gasteiger partial charge in [-0.2, -0.15) is 0 Å². The molecule has 3 nitrogen and oxygen atoms in total. The van der Waals surface area contributed by atoms with Crippen LogP contribution in [-0.2, 0) is 0 Å². The van der Waals surface area contributed by atoms with Crippen LogP contribution in [0, 0.1) is 0 Å². The monoisotopic (exact) mass is 291 g/mol. The summed E-state index contributed by atoms with van der Waals surface area (Å²) in [6.45, 7) is 0. The molecule has 3 aromatic rings. The lowest BCUT2D eigenvalue weighted by Crippen LogP contribution is -1.95. The number of halogens is 2. The maximum absolute atomic E-state index is 6.42. The van der Waals surface area contributed by atoms with Crippen LogP contribution < -0.4 is 11.5 Å². The summed E-state index contributed by atoms with van der Waals surface area (Å²) in [6.07, 6.45) is 0. The Labute approximate surface area is 120 Å². The summed E-state index contributed by atoms with van der Waals surface area (Å²) in [6, 6.07) is 13.0. The number of aromatic nitrogens is 1. The van der Waals surface area contributed by atoms with Crippen LogP contribution in [-0.4, -0.2) is 4.09 Å². The molecular formula is C14H11Cl2N3. The van der Waals surface area contributed by atoms with Crippen LogP contribution in [0.4, 0.5) is 11.4 Å². The molecule has 0 atom stereocenters. The van der Waals surface area contributed by atoms with Crippen molar-refractivity contribution in [1.82, 2.24) is 4.09 Å². The van der Waals surface area contributed by atoms with Gasteiger partial charge in [0.2, 0.25) is 0 Å². The molecule has 0 amide bonds. The van der Waals surface area contributed by atoms with E-state index < -0.39 is 0 Å². The quantitative estimate of drug-likeness (QED) is 0.663. The van der Waals surface area contributed by atoms with Gasteiger partial charge in [-0.1, -0.05) is 29.8 Å². The molecule has 5 heteroatoms. The van der Waals surface area contributed by atoms with Gasteiger partial charge in [-0.15, -0.1) is 0 Å². The van der Waals surface area contributed by atoms with Gasteiger partial charge >= 0.3 is 0 Å². The van der Waals surface area contributed by atoms with Crippen LogP contribution in [0.5, 0.6) is 0 Å². The number of nitrogens with two attached hydrogens (primary N) is 2. The van der Waals surface area contributed by atoms with Gasteiger partial charge < -0.3 is 11.5 Å². The molecule has 0 saturated heterocycles. The predicted octanol–water partition coefficient (Wildman–Crippen LogP) is 4.13. The number of rotatable bonds is 1. The Morgan fingerprint density at radius 2 is 1.74 bits per heavy atom. The Bertz CT molecular complexity index is 739. The molecule has 4 N–H and O–H groups in total. The van der Waals surface area contributed by atoms with Gasteiger partial charge in [-0.05, 0) is 24.3 Å². The third kappa shape index (κ3) is 1.82. The van der Waals surface area contributed by atoms with Crippen LogP contribution in [0.2, 0.25) is 5.02 Å². The van der Waals surface area contributed by atoms with E-state index in [-0.39, 0.29) is 0 Å². The van der Waals surface area contributed by atoms with E-state index in [9.17, 15) is 0 Å². The Hall–Kier alpha value is -1.84. The summed E-state index contributed by atoms with van der Waals surface area (Å²) in [4.78, 5) is 0. The first-order valence-electron chi connectivity index (χ1n) is 5.70. The second-order valence-electron chi connectivity index (χ2n) is 4.31. The number of hydrogen-bond acceptors (Lipinski definition) is 2. The predicted molar refractivity (Wildman–Crippen MR) is 82.5 cm³/mol. The molecule has 96 valence electrons. The number of nitrogens with zero attached hydrogens (tertiary/aromatic N) is 1. The fourth-order valence-electron chi connectivity index (χ4n) is 2.19. The first kappa shape index (κ1) is 12.2. The van der Waals surface area contributed by atoms with Gasteiger partial charge in [0.25, 0.3) is 0 Å². The Balaban J connectivity index is 2.37. The van der Waals surface area contributed by atoms with Crippen LogP contribution in [0.3, 0.4) is 0 Å². The lowest BCUT2D eigenvalue weighted by Gasteiger charge is -2.07. The first-order chi connectivity index (χ1) is 9.09. The molecule has 0 aliphatic carbocycles. The minimum absolute atomic E-state index is 0.548. The second-order valence-corrected chi connectivity index (χ2v) is 5.02. The zero-order valence-electron chi connectivity index (χ0n) is 9.90. The lowest BCUT2D eigenvalue weighted by atomic mass is 10.1. The highest BCUT2D eigenvalue weighted by Crippen LogP contribution is 2.40. The van der Waals surface area contributed by atoms with E-state index in [1.807, 2.05) is 30.3 Å². The standard InChI is InChI=1S/C14H11Cl2N3/c15-13-10-3-1-2-4-12(10)19(16)14(13)9-6-5-8(17)7-11(9)18/h1-7H,17-18H2. The molecule has 0 unspecified atom stereocenters. The highest BCUT2D eigenvalue weighted by atomic mass is 35.5. The largest absolute Gasteiger partial charge is 0.399 e. The van der Waals surface area contributed by atoms with Crippen molar-refractivity contribution >= 4 is 45.7 Å². The fraction of sp³-hybridized carbons (Fsp3) is 0. The number of fused-ring (bicyclic) bond motifs is 1. The summed E-state index contributed by atoms with van der Waals surface area (Å²) in [7, 11) is 0. The molecule has 0 spiro atoms. The molecule has 3 rings (SSSR count). The molecule has 1 aromatic heterocycles. The average molecular weight is 292 g/mol. The number of anilines is 2. The number of hydrogen-bond donors (Lipinski definition) is 2. The molecule has 2 aromatic carbocycles. The average Bonchev–Trinajstić information content (AvgIpc) is 2.64. The molecule has 0 bridgehead atoms. The molecule has 0 aliphatic heterocycles. The van der Waals surface area contributed by atoms with Gasteiger partial charge in [0.05, 0.1) is 16.2 Å². The summed E-state index contributed by atoms with van der Waals surface area (Å²) in [5.41, 5.74) is 15.2. The fourth-order valence-corrected chi connectivity index (χ4v) is 2.90. The molecule has 0 radical (unpaired) electrons. The van der Waals surface area contributed by atoms with E-state index in [0.29, 0.717) is 22.1 Å². The molecule has 0 aliphatic rings. The number of benzene rings is 2. The zero-order valence-corrected chi connectivity index (χ0v) is 11.4. The minimum Gasteiger partial charge on any atom is -0.399 e. The number of nitrogen functional groups attached to an aromatic ring is 2. The van der Waals surface area contributed by atoms with Crippen LogP contribution in [0.1, 0.15) is 0 Å². The van der Waals surface area contributed by atoms with E-state index in [1.54, 1.807) is 12.1 Å². The summed E-state index contributed by atoms with van der Waals surface area (Å²) < 4.78 is 1.53. The van der Waals surface area contributed by atoms with Crippen LogP contribution in [0.25, 0.3) is 22.2 Å². The van der Waals surface area contributed by atoms with E-state index in [2.05, 4.69) is 0 Å². The molecule has 0 saturated carbocycles. The van der Waals surface area contributed by atoms with E-state index >= 15 is 0 Å². The van der Waals surface area contributed by atoms with Crippen molar-refractivity contribution in [3.63, 3.8) is 0 Å². The van der Waals surface area contributed by atoms with Crippen molar-refractivity contribution in [3.05, 3.63) is 47.5 Å². The lowest BCUT2D eigenvalue weighted by molar-refractivity contribution is 1.32. The van der Waals surface area contributed by atoms with Gasteiger partial charge in [-0.25, -0.2) is 0 Å². The normalized spacial score (nSPS) is 11.1. The summed E-state index contributed by atoms with van der Waals surface area (Å²) in [5.74, 6) is 0. The maximum atomic E-state index is 6.42. The third-order valence-electron chi connectivity index (χ3n) is 3.09. The zero-order chi connectivity index (χ0) is 13.6. The van der Waals surface area contributed by atoms with Crippen molar-refractivity contribution in [1.29, 1.82) is 0 Å². The van der Waals surface area contributed by atoms with Gasteiger partial charge in [0, 0.05) is 34.1 Å². The second kappa shape index (κ2) is 4.37. The summed E-state index contributed by atoms with van der Waals surface area (Å²) in [5, 5.41) is 1.48. The number of para-hydroxylation sites is 1. The Morgan fingerprint density at radius 1 is 1.00 bits per heavy atom. The first-order valence-corrected chi connectivity index (χ1v) is 6.41. The molecular weight excluding hydrogens is 281 g/mol. The minimum atomic E-state index is 0.548. The Morgan fingerprint density at radius 3 is 2.42 bits per heavy atom. The van der Waals surface area contributed by atoms with Crippen molar-refractivity contribution in [3.8, 4) is 11.3 Å². The molecule has 1 heterocycles. The van der Waals surface area contributed by atoms with Crippen molar-refractivity contribution in [2.45, 2.75) is 0 Å². The van der Waals surface area contributed by atoms with Crippen molar-refractivity contribution in [2.75, 3.05) is 11.5 Å². The van der Waals surface area contributed by atoms with Gasteiger partial charge in [0.1, 0.15) is 0 Å². The van der Waals surface area contributed by atoms with Crippen molar-refractivity contribution in [2.24, 2.45) is 0 Å². The topological polar surface area (TPSA) is 57.0 Å². The van der Waals surface area contributed by atoms with E-state index in [1.165, 1.54) is 4.09 Å². The molecule has 0 fully saturated rings. The van der Waals surface area contributed by atoms with Crippen molar-refractivity contribution < 1.29 is 0 Å². The van der Waals surface area contributed by atoms with Crippen LogP contribution in [0.15, 0.2) is 42.5 Å². The SMILES string of the molecule is Nc1ccc(-c2c(Cl)c3ccccc3n2Cl)c(N)c1. The summed E-state index contributed by atoms with van der Waals surface area (Å²) >= 11 is 12.8. The Kier molecular flexibility index (Phi) is 2.81. The van der Waals surface area contributed by atoms with Gasteiger partial charge in [0.15, 0.2) is 0 Å². The third-order valence-corrected chi connectivity index (χ3v) is 3.82. The van der Waals surface area contributed by atoms with E-state index in [4.69, 9.17) is 34.8 Å². The maximum Gasteiger partial charge on any atom is 0.0867 e. The van der Waals surface area contributed by atoms with Gasteiger partial charge in [-0.3, -0.25) is 4.09 Å². The highest BCUT2D eigenvalue weighted by molar-refractivity contribution is 6.40. The highest BCUT2D eigenvalue weighted by Gasteiger charge is 2.17. The van der Waals surface area contributed by atoms with E-state index in [0.717, 1.165) is 16.5 Å². The van der Waals surface area contributed by atoms with Crippen LogP contribution >= 0.6 is 23.4 Å². The molecule has 19 heavy (non-hydrogen) atoms.